The lowest BCUT2D eigenvalue weighted by molar-refractivity contribution is 0.0694. The van der Waals surface area contributed by atoms with E-state index in [9.17, 15) is 14.7 Å². The predicted octanol–water partition coefficient (Wildman–Crippen LogP) is 3.28. The molecule has 3 aliphatic rings. The Morgan fingerprint density at radius 1 is 1.05 bits per heavy atom. The number of carbonyl (C=O) groups is 1. The largest absolute Gasteiger partial charge is 0.487 e. The highest BCUT2D eigenvalue weighted by atomic mass is 19.1. The van der Waals surface area contributed by atoms with Crippen molar-refractivity contribution in [3.8, 4) is 5.75 Å². The number of aromatic nitrogens is 3. The third-order valence-electron chi connectivity index (χ3n) is 8.05. The summed E-state index contributed by atoms with van der Waals surface area (Å²) in [6.45, 7) is 7.46. The summed E-state index contributed by atoms with van der Waals surface area (Å²) in [7, 11) is 0. The molecule has 0 saturated carbocycles. The van der Waals surface area contributed by atoms with Gasteiger partial charge in [-0.2, -0.15) is 0 Å². The molecule has 206 valence electrons. The number of anilines is 2. The molecule has 5 heterocycles. The van der Waals surface area contributed by atoms with E-state index >= 15 is 4.39 Å². The molecule has 39 heavy (non-hydrogen) atoms. The standard InChI is InChI=1S/C28H33FN6O4/c1-18-17-39-26-23-20(25(36)21(27(37)38)16-35(18)23)12-22(29)24(26)33-10-8-32(9-11-33)15-19-13-30-28(31-14-19)34-6-4-2-3-5-7-34/h12-14,16,18H,2-11,15,17H2,1H3,(H,37,38)/t18-/m0/s1. The lowest BCUT2D eigenvalue weighted by Crippen LogP contribution is -2.46. The number of hydrogen-bond acceptors (Lipinski definition) is 8. The van der Waals surface area contributed by atoms with Crippen molar-refractivity contribution in [3.63, 3.8) is 0 Å². The molecule has 2 fully saturated rings. The fraction of sp³-hybridized carbons (Fsp3) is 0.500. The summed E-state index contributed by atoms with van der Waals surface area (Å²) in [4.78, 5) is 40.3. The van der Waals surface area contributed by atoms with Gasteiger partial charge in [-0.15, -0.1) is 0 Å². The van der Waals surface area contributed by atoms with Gasteiger partial charge in [-0.05, 0) is 25.8 Å². The van der Waals surface area contributed by atoms with E-state index in [0.29, 0.717) is 49.7 Å². The Morgan fingerprint density at radius 3 is 2.41 bits per heavy atom. The molecular weight excluding hydrogens is 503 g/mol. The van der Waals surface area contributed by atoms with Crippen LogP contribution >= 0.6 is 0 Å². The summed E-state index contributed by atoms with van der Waals surface area (Å²) in [5.41, 5.74) is 0.752. The number of aromatic carboxylic acids is 1. The fourth-order valence-electron chi connectivity index (χ4n) is 5.91. The number of nitrogens with zero attached hydrogens (tertiary/aromatic N) is 6. The molecule has 11 heteroatoms. The SMILES string of the molecule is C[C@H]1COc2c(N3CCN(Cc4cnc(N5CCCCCC5)nc4)CC3)c(F)cc3c(=O)c(C(=O)O)cn1c23. The number of ether oxygens (including phenoxy) is 1. The van der Waals surface area contributed by atoms with Crippen LogP contribution in [0.4, 0.5) is 16.0 Å². The quantitative estimate of drug-likeness (QED) is 0.526. The second kappa shape index (κ2) is 10.4. The molecular formula is C28H33FN6O4. The van der Waals surface area contributed by atoms with Crippen molar-refractivity contribution >= 4 is 28.5 Å². The van der Waals surface area contributed by atoms with Crippen LogP contribution in [0.3, 0.4) is 0 Å². The number of rotatable bonds is 5. The van der Waals surface area contributed by atoms with Gasteiger partial charge in [-0.1, -0.05) is 12.8 Å². The number of carboxylic acid groups (broad SMARTS) is 1. The molecule has 0 aliphatic carbocycles. The Balaban J connectivity index is 1.19. The molecule has 0 bridgehead atoms. The van der Waals surface area contributed by atoms with Gasteiger partial charge in [0.2, 0.25) is 11.4 Å². The number of piperazine rings is 1. The van der Waals surface area contributed by atoms with E-state index in [1.54, 1.807) is 4.57 Å². The zero-order chi connectivity index (χ0) is 27.1. The van der Waals surface area contributed by atoms with Gasteiger partial charge in [0.1, 0.15) is 17.9 Å². The normalized spacial score (nSPS) is 20.1. The van der Waals surface area contributed by atoms with Crippen molar-refractivity contribution in [1.29, 1.82) is 0 Å². The van der Waals surface area contributed by atoms with Gasteiger partial charge in [0.05, 0.1) is 16.9 Å². The summed E-state index contributed by atoms with van der Waals surface area (Å²) in [5.74, 6) is -0.796. The minimum absolute atomic E-state index is 0.0277. The molecule has 0 radical (unpaired) electrons. The molecule has 0 unspecified atom stereocenters. The lowest BCUT2D eigenvalue weighted by atomic mass is 10.1. The number of carboxylic acids is 1. The van der Waals surface area contributed by atoms with Crippen LogP contribution in [0.15, 0.2) is 29.5 Å². The zero-order valence-corrected chi connectivity index (χ0v) is 22.1. The highest BCUT2D eigenvalue weighted by molar-refractivity contribution is 5.97. The first kappa shape index (κ1) is 25.5. The van der Waals surface area contributed by atoms with E-state index in [2.05, 4.69) is 19.8 Å². The van der Waals surface area contributed by atoms with Crippen molar-refractivity contribution < 1.29 is 19.0 Å². The molecule has 3 aromatic rings. The molecule has 3 aliphatic heterocycles. The highest BCUT2D eigenvalue weighted by Crippen LogP contribution is 2.42. The van der Waals surface area contributed by atoms with Gasteiger partial charge < -0.3 is 24.2 Å². The van der Waals surface area contributed by atoms with Crippen LogP contribution in [0.5, 0.6) is 5.75 Å². The Hall–Kier alpha value is -3.73. The first-order chi connectivity index (χ1) is 18.9. The first-order valence-corrected chi connectivity index (χ1v) is 13.7. The van der Waals surface area contributed by atoms with E-state index in [4.69, 9.17) is 4.74 Å². The maximum Gasteiger partial charge on any atom is 0.341 e. The average Bonchev–Trinajstić information content (AvgIpc) is 3.22. The van der Waals surface area contributed by atoms with Crippen molar-refractivity contribution in [2.24, 2.45) is 0 Å². The molecule has 10 nitrogen and oxygen atoms in total. The first-order valence-electron chi connectivity index (χ1n) is 13.7. The topological polar surface area (TPSA) is 104 Å². The van der Waals surface area contributed by atoms with Gasteiger partial charge in [-0.25, -0.2) is 19.2 Å². The number of benzene rings is 1. The second-order valence-electron chi connectivity index (χ2n) is 10.7. The van der Waals surface area contributed by atoms with Crippen LogP contribution in [0.2, 0.25) is 0 Å². The fourth-order valence-corrected chi connectivity index (χ4v) is 5.91. The van der Waals surface area contributed by atoms with Gasteiger partial charge in [-0.3, -0.25) is 9.69 Å². The minimum atomic E-state index is -1.33. The van der Waals surface area contributed by atoms with E-state index in [1.165, 1.54) is 31.9 Å². The van der Waals surface area contributed by atoms with Crippen molar-refractivity contribution in [2.45, 2.75) is 45.2 Å². The summed E-state index contributed by atoms with van der Waals surface area (Å²) in [6.07, 6.45) is 10.1. The molecule has 0 spiro atoms. The third-order valence-corrected chi connectivity index (χ3v) is 8.05. The van der Waals surface area contributed by atoms with Gasteiger partial charge in [0.25, 0.3) is 0 Å². The monoisotopic (exact) mass is 536 g/mol. The molecule has 6 rings (SSSR count). The van der Waals surface area contributed by atoms with Crippen LogP contribution in [0, 0.1) is 5.82 Å². The van der Waals surface area contributed by atoms with Crippen LogP contribution in [-0.4, -0.2) is 76.4 Å². The highest BCUT2D eigenvalue weighted by Gasteiger charge is 2.31. The van der Waals surface area contributed by atoms with Gasteiger partial charge >= 0.3 is 5.97 Å². The summed E-state index contributed by atoms with van der Waals surface area (Å²) in [5, 5.41) is 9.53. The van der Waals surface area contributed by atoms with E-state index in [1.807, 2.05) is 24.2 Å². The third kappa shape index (κ3) is 4.80. The predicted molar refractivity (Wildman–Crippen MR) is 146 cm³/mol. The average molecular weight is 537 g/mol. The Labute approximate surface area is 225 Å². The maximum atomic E-state index is 15.5. The zero-order valence-electron chi connectivity index (χ0n) is 22.1. The lowest BCUT2D eigenvalue weighted by Gasteiger charge is -2.38. The van der Waals surface area contributed by atoms with Gasteiger partial charge in [0.15, 0.2) is 11.6 Å². The minimum Gasteiger partial charge on any atom is -0.487 e. The van der Waals surface area contributed by atoms with Crippen molar-refractivity contribution in [1.82, 2.24) is 19.4 Å². The maximum absolute atomic E-state index is 15.5. The second-order valence-corrected chi connectivity index (χ2v) is 10.7. The van der Waals surface area contributed by atoms with Crippen molar-refractivity contribution in [2.75, 3.05) is 55.7 Å². The Morgan fingerprint density at radius 2 is 1.74 bits per heavy atom. The molecule has 0 amide bonds. The van der Waals surface area contributed by atoms with Crippen molar-refractivity contribution in [3.05, 3.63) is 51.8 Å². The van der Waals surface area contributed by atoms with Crippen LogP contribution in [-0.2, 0) is 6.54 Å². The smallest absolute Gasteiger partial charge is 0.341 e. The van der Waals surface area contributed by atoms with Crippen LogP contribution < -0.4 is 20.0 Å². The van der Waals surface area contributed by atoms with Crippen LogP contribution in [0.25, 0.3) is 10.9 Å². The summed E-state index contributed by atoms with van der Waals surface area (Å²) in [6, 6.07) is 0.970. The molecule has 1 atom stereocenters. The number of hydrogen-bond donors (Lipinski definition) is 1. The Bertz CT molecular complexity index is 1440. The summed E-state index contributed by atoms with van der Waals surface area (Å²) < 4.78 is 23.3. The van der Waals surface area contributed by atoms with Crippen LogP contribution in [0.1, 0.15) is 54.6 Å². The molecule has 2 aromatic heterocycles. The summed E-state index contributed by atoms with van der Waals surface area (Å²) >= 11 is 0. The van der Waals surface area contributed by atoms with Gasteiger partial charge in [0, 0.05) is 70.0 Å². The van der Waals surface area contributed by atoms with E-state index in [0.717, 1.165) is 30.7 Å². The number of halogens is 1. The molecule has 2 saturated heterocycles. The number of pyridine rings is 1. The Kier molecular flexibility index (Phi) is 6.84. The van der Waals surface area contributed by atoms with E-state index in [-0.39, 0.29) is 23.6 Å². The molecule has 1 aromatic carbocycles. The molecule has 1 N–H and O–H groups in total. The van der Waals surface area contributed by atoms with E-state index < -0.39 is 17.2 Å².